The molecule has 0 fully saturated rings. The van der Waals surface area contributed by atoms with Crippen LogP contribution in [0.3, 0.4) is 0 Å². The Morgan fingerprint density at radius 2 is 1.73 bits per heavy atom. The minimum Gasteiger partial charge on any atom is -0.454 e. The minimum atomic E-state index is -0.457. The zero-order valence-electron chi connectivity index (χ0n) is 19.3. The molecule has 4 aromatic rings. The van der Waals surface area contributed by atoms with Gasteiger partial charge in [-0.15, -0.1) is 0 Å². The van der Waals surface area contributed by atoms with Crippen molar-refractivity contribution >= 4 is 28.5 Å². The van der Waals surface area contributed by atoms with Crippen LogP contribution in [0.25, 0.3) is 16.6 Å². The number of ether oxygens (including phenoxy) is 1. The van der Waals surface area contributed by atoms with E-state index in [-0.39, 0.29) is 19.1 Å². The maximum Gasteiger partial charge on any atom is 0.326 e. The molecule has 0 bridgehead atoms. The summed E-state index contributed by atoms with van der Waals surface area (Å²) in [5, 5.41) is 8.44. The molecule has 0 aliphatic heterocycles. The van der Waals surface area contributed by atoms with E-state index in [1.54, 1.807) is 4.68 Å². The highest BCUT2D eigenvalue weighted by atomic mass is 16.5. The molecule has 33 heavy (non-hydrogen) atoms. The molecule has 7 nitrogen and oxygen atoms in total. The van der Waals surface area contributed by atoms with Gasteiger partial charge in [0.2, 0.25) is 0 Å². The molecule has 2 aromatic heterocycles. The fourth-order valence-corrected chi connectivity index (χ4v) is 4.03. The highest BCUT2D eigenvalue weighted by Gasteiger charge is 2.18. The second-order valence-electron chi connectivity index (χ2n) is 8.37. The van der Waals surface area contributed by atoms with Crippen molar-refractivity contribution in [2.45, 2.75) is 40.2 Å². The van der Waals surface area contributed by atoms with E-state index in [9.17, 15) is 9.59 Å². The Bertz CT molecular complexity index is 1300. The van der Waals surface area contributed by atoms with Crippen LogP contribution in [0.5, 0.6) is 0 Å². The number of aromatic nitrogens is 3. The molecule has 2 aromatic carbocycles. The first-order chi connectivity index (χ1) is 15.8. The van der Waals surface area contributed by atoms with Gasteiger partial charge in [-0.2, -0.15) is 5.10 Å². The fourth-order valence-electron chi connectivity index (χ4n) is 4.03. The van der Waals surface area contributed by atoms with Gasteiger partial charge in [0.15, 0.2) is 6.61 Å². The van der Waals surface area contributed by atoms with Gasteiger partial charge < -0.3 is 14.6 Å². The molecule has 170 valence electrons. The lowest BCUT2D eigenvalue weighted by molar-refractivity contribution is -0.147. The summed E-state index contributed by atoms with van der Waals surface area (Å²) < 4.78 is 9.04. The van der Waals surface area contributed by atoms with Gasteiger partial charge in [-0.05, 0) is 49.4 Å². The van der Waals surface area contributed by atoms with Gasteiger partial charge in [0, 0.05) is 11.2 Å². The quantitative estimate of drug-likeness (QED) is 0.417. The fraction of sp³-hybridized carbons (Fsp3) is 0.269. The molecule has 1 N–H and O–H groups in total. The molecule has 0 atom stereocenters. The summed E-state index contributed by atoms with van der Waals surface area (Å²) in [6.07, 6.45) is 0. The molecule has 0 saturated carbocycles. The van der Waals surface area contributed by atoms with E-state index in [0.717, 1.165) is 28.0 Å². The summed E-state index contributed by atoms with van der Waals surface area (Å²) in [5.41, 5.74) is 5.05. The summed E-state index contributed by atoms with van der Waals surface area (Å²) in [6.45, 7) is 7.59. The zero-order valence-corrected chi connectivity index (χ0v) is 19.3. The van der Waals surface area contributed by atoms with Crippen LogP contribution in [-0.2, 0) is 20.9 Å². The van der Waals surface area contributed by atoms with Crippen molar-refractivity contribution in [3.05, 3.63) is 77.7 Å². The van der Waals surface area contributed by atoms with Crippen molar-refractivity contribution in [3.63, 3.8) is 0 Å². The molecule has 1 amide bonds. The molecule has 0 aliphatic carbocycles. The van der Waals surface area contributed by atoms with E-state index in [1.165, 1.54) is 0 Å². The minimum absolute atomic E-state index is 0.0539. The van der Waals surface area contributed by atoms with E-state index in [2.05, 4.69) is 30.3 Å². The van der Waals surface area contributed by atoms with Gasteiger partial charge in [-0.25, -0.2) is 4.68 Å². The number of fused-ring (bicyclic) bond motifs is 1. The number of carbonyl (C=O) groups excluding carboxylic acids is 2. The highest BCUT2D eigenvalue weighted by Crippen LogP contribution is 2.25. The number of benzene rings is 2. The van der Waals surface area contributed by atoms with Crippen LogP contribution < -0.4 is 5.32 Å². The Morgan fingerprint density at radius 1 is 1.03 bits per heavy atom. The summed E-state index contributed by atoms with van der Waals surface area (Å²) in [4.78, 5) is 25.1. The topological polar surface area (TPSA) is 78.2 Å². The van der Waals surface area contributed by atoms with Gasteiger partial charge in [0.25, 0.3) is 5.91 Å². The van der Waals surface area contributed by atoms with E-state index < -0.39 is 11.9 Å². The van der Waals surface area contributed by atoms with Crippen molar-refractivity contribution in [2.24, 2.45) is 0 Å². The summed E-state index contributed by atoms with van der Waals surface area (Å²) in [5.74, 6) is -0.606. The number of hydrogen-bond donors (Lipinski definition) is 1. The molecule has 0 spiro atoms. The predicted molar refractivity (Wildman–Crippen MR) is 129 cm³/mol. The van der Waals surface area contributed by atoms with Crippen molar-refractivity contribution in [1.29, 1.82) is 0 Å². The van der Waals surface area contributed by atoms with Crippen molar-refractivity contribution in [3.8, 4) is 5.69 Å². The maximum absolute atomic E-state index is 12.6. The molecule has 7 heteroatoms. The Labute approximate surface area is 193 Å². The second kappa shape index (κ2) is 9.32. The molecular formula is C26H28N4O3. The zero-order chi connectivity index (χ0) is 23.5. The molecule has 2 heterocycles. The number of aryl methyl sites for hydroxylation is 1. The lowest BCUT2D eigenvalue weighted by Crippen LogP contribution is -2.24. The van der Waals surface area contributed by atoms with Crippen LogP contribution in [0.4, 0.5) is 5.69 Å². The van der Waals surface area contributed by atoms with Crippen LogP contribution in [-0.4, -0.2) is 32.8 Å². The molecule has 0 radical (unpaired) electrons. The van der Waals surface area contributed by atoms with Gasteiger partial charge >= 0.3 is 5.97 Å². The smallest absolute Gasteiger partial charge is 0.326 e. The number of esters is 1. The third kappa shape index (κ3) is 4.67. The Balaban J connectivity index is 1.41. The molecule has 0 saturated heterocycles. The third-order valence-corrected chi connectivity index (χ3v) is 5.64. The lowest BCUT2D eigenvalue weighted by atomic mass is 10.1. The first-order valence-electron chi connectivity index (χ1n) is 11.0. The number of anilines is 1. The third-order valence-electron chi connectivity index (χ3n) is 5.64. The van der Waals surface area contributed by atoms with Gasteiger partial charge in [-0.3, -0.25) is 9.59 Å². The van der Waals surface area contributed by atoms with Crippen molar-refractivity contribution < 1.29 is 14.3 Å². The molecule has 0 aliphatic rings. The Morgan fingerprint density at radius 3 is 2.45 bits per heavy atom. The highest BCUT2D eigenvalue weighted by molar-refractivity contribution is 5.94. The van der Waals surface area contributed by atoms with Crippen LogP contribution in [0, 0.1) is 13.8 Å². The Kier molecular flexibility index (Phi) is 6.31. The number of amides is 1. The first kappa shape index (κ1) is 22.3. The number of nitrogens with zero attached hydrogens (tertiary/aromatic N) is 3. The number of hydrogen-bond acceptors (Lipinski definition) is 4. The lowest BCUT2D eigenvalue weighted by Gasteiger charge is -2.13. The van der Waals surface area contributed by atoms with Gasteiger partial charge in [0.1, 0.15) is 6.54 Å². The van der Waals surface area contributed by atoms with E-state index in [0.29, 0.717) is 11.4 Å². The predicted octanol–water partition coefficient (Wildman–Crippen LogP) is 4.75. The van der Waals surface area contributed by atoms with Crippen LogP contribution in [0.2, 0.25) is 0 Å². The summed E-state index contributed by atoms with van der Waals surface area (Å²) in [7, 11) is 0. The van der Waals surface area contributed by atoms with Gasteiger partial charge in [-0.1, -0.05) is 50.2 Å². The van der Waals surface area contributed by atoms with Crippen molar-refractivity contribution in [2.75, 3.05) is 11.9 Å². The maximum atomic E-state index is 12.6. The van der Waals surface area contributed by atoms with E-state index >= 15 is 0 Å². The average Bonchev–Trinajstić information content (AvgIpc) is 3.31. The van der Waals surface area contributed by atoms with E-state index in [4.69, 9.17) is 4.74 Å². The van der Waals surface area contributed by atoms with Crippen LogP contribution >= 0.6 is 0 Å². The van der Waals surface area contributed by atoms with Crippen LogP contribution in [0.1, 0.15) is 36.8 Å². The normalized spacial score (nSPS) is 11.2. The number of carbonyl (C=O) groups is 2. The second-order valence-corrected chi connectivity index (χ2v) is 8.37. The van der Waals surface area contributed by atoms with E-state index in [1.807, 2.05) is 73.0 Å². The largest absolute Gasteiger partial charge is 0.454 e. The Hall–Kier alpha value is -3.87. The number of rotatable bonds is 7. The van der Waals surface area contributed by atoms with Crippen LogP contribution in [0.15, 0.2) is 60.7 Å². The summed E-state index contributed by atoms with van der Waals surface area (Å²) in [6, 6.07) is 19.7. The monoisotopic (exact) mass is 444 g/mol. The number of nitrogens with one attached hydrogen (secondary N) is 1. The summed E-state index contributed by atoms with van der Waals surface area (Å²) >= 11 is 0. The standard InChI is InChI=1S/C26H28N4O3/c1-17(2)23-14-20-10-8-9-13-22(20)29(23)15-25(32)33-16-24(31)27-26-18(3)28-30(19(26)4)21-11-6-5-7-12-21/h5-14,17H,15-16H2,1-4H3,(H,27,31). The average molecular weight is 445 g/mol. The molecule has 0 unspecified atom stereocenters. The van der Waals surface area contributed by atoms with Crippen molar-refractivity contribution in [1.82, 2.24) is 14.3 Å². The first-order valence-corrected chi connectivity index (χ1v) is 11.0. The van der Waals surface area contributed by atoms with Gasteiger partial charge in [0.05, 0.1) is 22.8 Å². The number of para-hydroxylation sites is 2. The molecular weight excluding hydrogens is 416 g/mol. The SMILES string of the molecule is Cc1nn(-c2ccccc2)c(C)c1NC(=O)COC(=O)Cn1c(C(C)C)cc2ccccc21. The molecule has 4 rings (SSSR count).